The van der Waals surface area contributed by atoms with Crippen LogP contribution in [0.25, 0.3) is 0 Å². The van der Waals surface area contributed by atoms with Gasteiger partial charge in [-0.2, -0.15) is 0 Å². The lowest BCUT2D eigenvalue weighted by Gasteiger charge is -2.50. The Balaban J connectivity index is 1.41. The maximum absolute atomic E-state index is 10.6. The number of methoxy groups -OCH3 is 1. The molecule has 29 heavy (non-hydrogen) atoms. The molecule has 2 fully saturated rings. The van der Waals surface area contributed by atoms with Crippen molar-refractivity contribution in [2.24, 2.45) is 17.3 Å². The minimum atomic E-state index is -0.113. The van der Waals surface area contributed by atoms with Gasteiger partial charge < -0.3 is 14.6 Å². The largest absolute Gasteiger partial charge is 0.493 e. The number of hydrogen-bond acceptors (Lipinski definition) is 3. The predicted octanol–water partition coefficient (Wildman–Crippen LogP) is 5.49. The molecule has 3 nitrogen and oxygen atoms in total. The number of fused-ring (bicyclic) bond motifs is 5. The van der Waals surface area contributed by atoms with Crippen molar-refractivity contribution < 1.29 is 14.6 Å². The molecule has 1 N–H and O–H groups in total. The first-order valence-corrected chi connectivity index (χ1v) is 11.2. The van der Waals surface area contributed by atoms with Crippen molar-refractivity contribution in [3.05, 3.63) is 59.2 Å². The molecule has 0 spiro atoms. The monoisotopic (exact) mass is 392 g/mol. The molecule has 5 atom stereocenters. The second kappa shape index (κ2) is 7.36. The minimum absolute atomic E-state index is 0.113. The molecule has 154 valence electrons. The van der Waals surface area contributed by atoms with Crippen LogP contribution in [0, 0.1) is 17.3 Å². The molecule has 2 aromatic rings. The fourth-order valence-corrected chi connectivity index (χ4v) is 6.56. The third-order valence-corrected chi connectivity index (χ3v) is 8.20. The number of ether oxygens (including phenoxy) is 2. The van der Waals surface area contributed by atoms with Gasteiger partial charge in [-0.05, 0) is 90.5 Å². The normalized spacial score (nSPS) is 32.8. The first-order chi connectivity index (χ1) is 14.1. The molecule has 0 saturated heterocycles. The zero-order valence-corrected chi connectivity index (χ0v) is 17.6. The van der Waals surface area contributed by atoms with Crippen LogP contribution in [0.3, 0.4) is 0 Å². The summed E-state index contributed by atoms with van der Waals surface area (Å²) >= 11 is 0. The average Bonchev–Trinajstić information content (AvgIpc) is 3.06. The predicted molar refractivity (Wildman–Crippen MR) is 114 cm³/mol. The maximum atomic E-state index is 10.6. The van der Waals surface area contributed by atoms with E-state index >= 15 is 0 Å². The van der Waals surface area contributed by atoms with Gasteiger partial charge in [-0.3, -0.25) is 0 Å². The summed E-state index contributed by atoms with van der Waals surface area (Å²) in [7, 11) is 1.74. The highest BCUT2D eigenvalue weighted by atomic mass is 16.5. The Morgan fingerprint density at radius 2 is 1.86 bits per heavy atom. The molecule has 0 aromatic heterocycles. The van der Waals surface area contributed by atoms with E-state index in [1.54, 1.807) is 7.11 Å². The van der Waals surface area contributed by atoms with Crippen LogP contribution in [0.5, 0.6) is 11.5 Å². The van der Waals surface area contributed by atoms with Crippen LogP contribution in [-0.2, 0) is 13.0 Å². The highest BCUT2D eigenvalue weighted by molar-refractivity contribution is 5.50. The quantitative estimate of drug-likeness (QED) is 0.748. The van der Waals surface area contributed by atoms with Crippen LogP contribution in [-0.4, -0.2) is 18.3 Å². The summed E-state index contributed by atoms with van der Waals surface area (Å²) in [5.41, 5.74) is 4.19. The Morgan fingerprint density at radius 1 is 1.03 bits per heavy atom. The number of hydrogen-bond donors (Lipinski definition) is 1. The van der Waals surface area contributed by atoms with Gasteiger partial charge in [-0.25, -0.2) is 0 Å². The Bertz CT molecular complexity index is 877. The lowest BCUT2D eigenvalue weighted by Crippen LogP contribution is -2.43. The summed E-state index contributed by atoms with van der Waals surface area (Å²) in [6, 6.07) is 14.8. The van der Waals surface area contributed by atoms with E-state index in [-0.39, 0.29) is 11.5 Å². The van der Waals surface area contributed by atoms with Crippen molar-refractivity contribution in [2.45, 2.75) is 64.1 Å². The van der Waals surface area contributed by atoms with E-state index in [2.05, 4.69) is 31.2 Å². The molecular weight excluding hydrogens is 360 g/mol. The third kappa shape index (κ3) is 3.15. The molecule has 0 heterocycles. The van der Waals surface area contributed by atoms with Crippen molar-refractivity contribution in [3.63, 3.8) is 0 Å². The average molecular weight is 393 g/mol. The van der Waals surface area contributed by atoms with E-state index in [0.717, 1.165) is 30.8 Å². The molecule has 5 rings (SSSR count). The molecule has 3 heteroatoms. The van der Waals surface area contributed by atoms with E-state index in [9.17, 15) is 5.11 Å². The first-order valence-electron chi connectivity index (χ1n) is 11.2. The van der Waals surface area contributed by atoms with Gasteiger partial charge in [0.15, 0.2) is 11.5 Å². The van der Waals surface area contributed by atoms with Crippen LogP contribution >= 0.6 is 0 Å². The topological polar surface area (TPSA) is 38.7 Å². The van der Waals surface area contributed by atoms with Crippen LogP contribution in [0.4, 0.5) is 0 Å². The first kappa shape index (κ1) is 19.0. The summed E-state index contributed by atoms with van der Waals surface area (Å²) in [5.74, 6) is 3.65. The highest BCUT2D eigenvalue weighted by Gasteiger charge is 2.54. The summed E-state index contributed by atoms with van der Waals surface area (Å²) in [5, 5.41) is 10.6. The fourth-order valence-electron chi connectivity index (χ4n) is 6.56. The molecule has 0 radical (unpaired) electrons. The Kier molecular flexibility index (Phi) is 4.82. The van der Waals surface area contributed by atoms with Crippen molar-refractivity contribution >= 4 is 0 Å². The highest BCUT2D eigenvalue weighted by Crippen LogP contribution is 2.61. The van der Waals surface area contributed by atoms with Crippen molar-refractivity contribution in [1.29, 1.82) is 0 Å². The zero-order valence-electron chi connectivity index (χ0n) is 17.6. The molecule has 0 bridgehead atoms. The fraction of sp³-hybridized carbons (Fsp3) is 0.538. The van der Waals surface area contributed by atoms with Gasteiger partial charge in [-0.15, -0.1) is 0 Å². The van der Waals surface area contributed by atoms with Crippen LogP contribution < -0.4 is 9.47 Å². The van der Waals surface area contributed by atoms with E-state index in [4.69, 9.17) is 9.47 Å². The van der Waals surface area contributed by atoms with Crippen molar-refractivity contribution in [2.75, 3.05) is 7.11 Å². The van der Waals surface area contributed by atoms with E-state index in [1.807, 2.05) is 18.2 Å². The summed E-state index contributed by atoms with van der Waals surface area (Å²) in [6.45, 7) is 2.89. The van der Waals surface area contributed by atoms with Gasteiger partial charge in [0.25, 0.3) is 0 Å². The standard InChI is InChI=1S/C26H32O3/c1-26-13-12-19-20(22(26)10-11-25(26)27)9-8-18-14-24(23(28-2)15-21(18)19)29-16-17-6-4-3-5-7-17/h3-7,14-15,19-20,22,25,27H,8-13,16H2,1-2H3/t19?,20?,22?,25-,26-/m0/s1. The second-order valence-corrected chi connectivity index (χ2v) is 9.53. The van der Waals surface area contributed by atoms with Gasteiger partial charge in [0.2, 0.25) is 0 Å². The van der Waals surface area contributed by atoms with Gasteiger partial charge in [0.05, 0.1) is 13.2 Å². The van der Waals surface area contributed by atoms with Gasteiger partial charge >= 0.3 is 0 Å². The SMILES string of the molecule is COc1cc2c(cc1OCc1ccccc1)CCC1C2CC[C@@]2(C)C1CC[C@@H]2O. The maximum Gasteiger partial charge on any atom is 0.161 e. The number of rotatable bonds is 4. The lowest BCUT2D eigenvalue weighted by atomic mass is 9.55. The van der Waals surface area contributed by atoms with Gasteiger partial charge in [-0.1, -0.05) is 37.3 Å². The molecule has 2 saturated carbocycles. The lowest BCUT2D eigenvalue weighted by molar-refractivity contribution is -0.0226. The number of aryl methyl sites for hydroxylation is 1. The molecule has 2 aromatic carbocycles. The van der Waals surface area contributed by atoms with Crippen molar-refractivity contribution in [3.8, 4) is 11.5 Å². The number of aliphatic hydroxyl groups excluding tert-OH is 1. The van der Waals surface area contributed by atoms with Crippen molar-refractivity contribution in [1.82, 2.24) is 0 Å². The van der Waals surface area contributed by atoms with E-state index in [0.29, 0.717) is 24.4 Å². The molecule has 3 aliphatic carbocycles. The number of benzene rings is 2. The molecule has 3 aliphatic rings. The van der Waals surface area contributed by atoms with E-state index < -0.39 is 0 Å². The summed E-state index contributed by atoms with van der Waals surface area (Å²) < 4.78 is 11.9. The third-order valence-electron chi connectivity index (χ3n) is 8.20. The Labute approximate surface area is 174 Å². The second-order valence-electron chi connectivity index (χ2n) is 9.53. The zero-order chi connectivity index (χ0) is 20.0. The molecule has 0 aliphatic heterocycles. The van der Waals surface area contributed by atoms with E-state index in [1.165, 1.54) is 36.0 Å². The molecular formula is C26H32O3. The van der Waals surface area contributed by atoms with Crippen LogP contribution in [0.1, 0.15) is 61.6 Å². The summed E-state index contributed by atoms with van der Waals surface area (Å²) in [6.07, 6.45) is 6.69. The smallest absolute Gasteiger partial charge is 0.161 e. The van der Waals surface area contributed by atoms with Crippen LogP contribution in [0.2, 0.25) is 0 Å². The number of aliphatic hydroxyl groups is 1. The molecule has 3 unspecified atom stereocenters. The Hall–Kier alpha value is -2.00. The van der Waals surface area contributed by atoms with Gasteiger partial charge in [0.1, 0.15) is 6.61 Å². The van der Waals surface area contributed by atoms with Crippen LogP contribution in [0.15, 0.2) is 42.5 Å². The molecule has 0 amide bonds. The summed E-state index contributed by atoms with van der Waals surface area (Å²) in [4.78, 5) is 0. The van der Waals surface area contributed by atoms with Gasteiger partial charge in [0, 0.05) is 0 Å². The Morgan fingerprint density at radius 3 is 2.66 bits per heavy atom. The minimum Gasteiger partial charge on any atom is -0.493 e.